The summed E-state index contributed by atoms with van der Waals surface area (Å²) in [5.74, 6) is -0.833. The monoisotopic (exact) mass is 261 g/mol. The Morgan fingerprint density at radius 1 is 1.37 bits per heavy atom. The highest BCUT2D eigenvalue weighted by atomic mass is 16.5. The smallest absolute Gasteiger partial charge is 0.362 e. The number of aromatic amines is 1. The van der Waals surface area contributed by atoms with E-state index in [4.69, 9.17) is 4.74 Å². The molecule has 0 spiro atoms. The zero-order valence-electron chi connectivity index (χ0n) is 10.3. The molecule has 7 nitrogen and oxygen atoms in total. The summed E-state index contributed by atoms with van der Waals surface area (Å²) < 4.78 is 9.52. The van der Waals surface area contributed by atoms with Gasteiger partial charge in [-0.2, -0.15) is 5.10 Å². The second kappa shape index (κ2) is 5.30. The van der Waals surface area contributed by atoms with E-state index >= 15 is 0 Å². The minimum atomic E-state index is -0.822. The lowest BCUT2D eigenvalue weighted by Crippen LogP contribution is -2.22. The number of carbonyl (C=O) groups excluding carboxylic acids is 1. The van der Waals surface area contributed by atoms with Crippen molar-refractivity contribution in [1.82, 2.24) is 15.2 Å². The van der Waals surface area contributed by atoms with E-state index in [1.807, 2.05) is 0 Å². The third-order valence-electron chi connectivity index (χ3n) is 2.46. The van der Waals surface area contributed by atoms with Gasteiger partial charge in [-0.25, -0.2) is 4.79 Å². The van der Waals surface area contributed by atoms with Gasteiger partial charge in [0.1, 0.15) is 5.69 Å². The summed E-state index contributed by atoms with van der Waals surface area (Å²) in [5, 5.41) is 6.33. The molecular weight excluding hydrogens is 250 g/mol. The Morgan fingerprint density at radius 3 is 2.74 bits per heavy atom. The number of H-pyrrole nitrogens is 1. The highest BCUT2D eigenvalue weighted by Crippen LogP contribution is 2.22. The summed E-state index contributed by atoms with van der Waals surface area (Å²) in [6, 6.07) is 3.45. The fourth-order valence-corrected chi connectivity index (χ4v) is 1.57. The van der Waals surface area contributed by atoms with Crippen LogP contribution in [0.3, 0.4) is 0 Å². The molecule has 0 atom stereocenters. The van der Waals surface area contributed by atoms with Gasteiger partial charge in [-0.1, -0.05) is 0 Å². The van der Waals surface area contributed by atoms with Crippen molar-refractivity contribution in [3.63, 3.8) is 0 Å². The fourth-order valence-electron chi connectivity index (χ4n) is 1.57. The number of rotatable bonds is 3. The van der Waals surface area contributed by atoms with Crippen molar-refractivity contribution in [2.75, 3.05) is 14.2 Å². The van der Waals surface area contributed by atoms with Crippen LogP contribution in [0, 0.1) is 0 Å². The Hall–Kier alpha value is -2.70. The summed E-state index contributed by atoms with van der Waals surface area (Å²) in [5.41, 5.74) is -0.00689. The molecule has 0 amide bonds. The third-order valence-corrected chi connectivity index (χ3v) is 2.46. The fraction of sp³-hybridized carbons (Fsp3) is 0.167. The van der Waals surface area contributed by atoms with E-state index in [-0.39, 0.29) is 11.4 Å². The van der Waals surface area contributed by atoms with Crippen LogP contribution in [0.2, 0.25) is 0 Å². The van der Waals surface area contributed by atoms with Gasteiger partial charge in [0, 0.05) is 18.0 Å². The van der Waals surface area contributed by atoms with Crippen LogP contribution in [0.5, 0.6) is 5.75 Å². The lowest BCUT2D eigenvalue weighted by atomic mass is 10.1. The van der Waals surface area contributed by atoms with Crippen molar-refractivity contribution in [3.8, 4) is 17.0 Å². The molecule has 0 bridgehead atoms. The van der Waals surface area contributed by atoms with Gasteiger partial charge < -0.3 is 9.47 Å². The van der Waals surface area contributed by atoms with Crippen molar-refractivity contribution in [2.45, 2.75) is 0 Å². The molecule has 0 fully saturated rings. The SMILES string of the molecule is COC(=O)c1n[nH]c(-c2cccnc2)c(OC)c1=O. The number of ether oxygens (including phenoxy) is 2. The van der Waals surface area contributed by atoms with Crippen LogP contribution in [0.4, 0.5) is 0 Å². The highest BCUT2D eigenvalue weighted by molar-refractivity contribution is 5.88. The van der Waals surface area contributed by atoms with Crippen LogP contribution >= 0.6 is 0 Å². The average Bonchev–Trinajstić information content (AvgIpc) is 2.47. The van der Waals surface area contributed by atoms with Gasteiger partial charge in [0.05, 0.1) is 14.2 Å². The predicted molar refractivity (Wildman–Crippen MR) is 66.0 cm³/mol. The van der Waals surface area contributed by atoms with Crippen LogP contribution in [0.15, 0.2) is 29.3 Å². The first kappa shape index (κ1) is 12.7. The summed E-state index contributed by atoms with van der Waals surface area (Å²) in [6.07, 6.45) is 3.15. The van der Waals surface area contributed by atoms with Gasteiger partial charge in [-0.05, 0) is 12.1 Å². The molecule has 0 aliphatic heterocycles. The number of aromatic nitrogens is 3. The maximum atomic E-state index is 12.1. The Labute approximate surface area is 108 Å². The molecule has 19 heavy (non-hydrogen) atoms. The molecule has 0 aromatic carbocycles. The number of hydrogen-bond donors (Lipinski definition) is 1. The van der Waals surface area contributed by atoms with Crippen molar-refractivity contribution in [1.29, 1.82) is 0 Å². The molecule has 0 saturated carbocycles. The standard InChI is InChI=1S/C12H11N3O4/c1-18-11-8(7-4-3-5-13-6-7)14-15-9(10(11)16)12(17)19-2/h3-6H,1-2H3,(H,14,16). The van der Waals surface area contributed by atoms with E-state index in [9.17, 15) is 9.59 Å². The zero-order valence-corrected chi connectivity index (χ0v) is 10.3. The number of esters is 1. The molecule has 98 valence electrons. The first-order valence-electron chi connectivity index (χ1n) is 5.34. The van der Waals surface area contributed by atoms with Crippen LogP contribution in [0.25, 0.3) is 11.3 Å². The molecule has 1 N–H and O–H groups in total. The van der Waals surface area contributed by atoms with E-state index in [1.165, 1.54) is 14.2 Å². The molecule has 2 rings (SSSR count). The molecule has 0 radical (unpaired) electrons. The number of carbonyl (C=O) groups is 1. The Balaban J connectivity index is 2.63. The number of methoxy groups -OCH3 is 2. The molecule has 2 aromatic heterocycles. The zero-order chi connectivity index (χ0) is 13.8. The van der Waals surface area contributed by atoms with E-state index in [1.54, 1.807) is 24.5 Å². The normalized spacial score (nSPS) is 10.0. The first-order chi connectivity index (χ1) is 9.19. The van der Waals surface area contributed by atoms with Crippen molar-refractivity contribution < 1.29 is 14.3 Å². The second-order valence-corrected chi connectivity index (χ2v) is 3.54. The maximum absolute atomic E-state index is 12.1. The van der Waals surface area contributed by atoms with Gasteiger partial charge in [0.25, 0.3) is 5.43 Å². The largest absolute Gasteiger partial charge is 0.491 e. The van der Waals surface area contributed by atoms with E-state index < -0.39 is 11.4 Å². The van der Waals surface area contributed by atoms with Crippen molar-refractivity contribution >= 4 is 5.97 Å². The van der Waals surface area contributed by atoms with Gasteiger partial charge in [-0.15, -0.1) is 0 Å². The molecule has 0 saturated heterocycles. The number of nitrogens with zero attached hydrogens (tertiary/aromatic N) is 2. The number of nitrogens with one attached hydrogen (secondary N) is 1. The Kier molecular flexibility index (Phi) is 3.56. The maximum Gasteiger partial charge on any atom is 0.362 e. The second-order valence-electron chi connectivity index (χ2n) is 3.54. The first-order valence-corrected chi connectivity index (χ1v) is 5.34. The average molecular weight is 261 g/mol. The molecule has 0 unspecified atom stereocenters. The molecule has 2 heterocycles. The Bertz CT molecular complexity index is 652. The van der Waals surface area contributed by atoms with Gasteiger partial charge in [0.2, 0.25) is 5.69 Å². The lowest BCUT2D eigenvalue weighted by Gasteiger charge is -2.08. The third kappa shape index (κ3) is 2.30. The predicted octanol–water partition coefficient (Wildman–Crippen LogP) is 0.627. The van der Waals surface area contributed by atoms with Crippen molar-refractivity contribution in [2.24, 2.45) is 0 Å². The van der Waals surface area contributed by atoms with Gasteiger partial charge in [0.15, 0.2) is 5.75 Å². The van der Waals surface area contributed by atoms with Gasteiger partial charge >= 0.3 is 5.97 Å². The summed E-state index contributed by atoms with van der Waals surface area (Å²) in [7, 11) is 2.51. The molecule has 7 heteroatoms. The molecule has 0 aliphatic carbocycles. The van der Waals surface area contributed by atoms with Gasteiger partial charge in [-0.3, -0.25) is 14.9 Å². The molecule has 0 aliphatic rings. The Morgan fingerprint density at radius 2 is 2.16 bits per heavy atom. The molecule has 2 aromatic rings. The van der Waals surface area contributed by atoms with Crippen LogP contribution in [0.1, 0.15) is 10.5 Å². The summed E-state index contributed by atoms with van der Waals surface area (Å²) >= 11 is 0. The highest BCUT2D eigenvalue weighted by Gasteiger charge is 2.20. The van der Waals surface area contributed by atoms with E-state index in [0.717, 1.165) is 0 Å². The number of pyridine rings is 1. The van der Waals surface area contributed by atoms with Crippen LogP contribution in [-0.2, 0) is 4.74 Å². The minimum Gasteiger partial charge on any atom is -0.491 e. The number of hydrogen-bond acceptors (Lipinski definition) is 6. The topological polar surface area (TPSA) is 94.2 Å². The summed E-state index contributed by atoms with van der Waals surface area (Å²) in [4.78, 5) is 27.4. The summed E-state index contributed by atoms with van der Waals surface area (Å²) in [6.45, 7) is 0. The van der Waals surface area contributed by atoms with E-state index in [0.29, 0.717) is 11.3 Å². The lowest BCUT2D eigenvalue weighted by molar-refractivity contribution is 0.0590. The quantitative estimate of drug-likeness (QED) is 0.814. The van der Waals surface area contributed by atoms with Crippen LogP contribution < -0.4 is 10.2 Å². The van der Waals surface area contributed by atoms with Crippen molar-refractivity contribution in [3.05, 3.63) is 40.4 Å². The van der Waals surface area contributed by atoms with E-state index in [2.05, 4.69) is 19.9 Å². The van der Waals surface area contributed by atoms with Crippen LogP contribution in [-0.4, -0.2) is 35.4 Å². The minimum absolute atomic E-state index is 0.0107. The molecular formula is C12H11N3O4.